The van der Waals surface area contributed by atoms with E-state index in [0.29, 0.717) is 16.7 Å². The van der Waals surface area contributed by atoms with Gasteiger partial charge in [0.05, 0.1) is 0 Å². The molecule has 1 aliphatic rings. The summed E-state index contributed by atoms with van der Waals surface area (Å²) in [5, 5.41) is 0.922. The molecule has 4 rings (SSSR count). The smallest absolute Gasteiger partial charge is 0.201 e. The molecule has 1 aliphatic carbocycles. The maximum absolute atomic E-state index is 14.7. The lowest BCUT2D eigenvalue weighted by Crippen LogP contribution is -2.13. The molecule has 1 nitrogen and oxygen atoms in total. The summed E-state index contributed by atoms with van der Waals surface area (Å²) in [6.07, 6.45) is 12.8. The van der Waals surface area contributed by atoms with Crippen molar-refractivity contribution in [2.24, 2.45) is 5.92 Å². The van der Waals surface area contributed by atoms with Crippen molar-refractivity contribution in [1.29, 1.82) is 0 Å². The van der Waals surface area contributed by atoms with Gasteiger partial charge in [0.15, 0.2) is 11.6 Å². The van der Waals surface area contributed by atoms with Crippen LogP contribution < -0.4 is 4.74 Å². The Bertz CT molecular complexity index is 1120. The van der Waals surface area contributed by atoms with Gasteiger partial charge in [-0.15, -0.1) is 6.58 Å². The summed E-state index contributed by atoms with van der Waals surface area (Å²) in [6.45, 7) is 7.52. The number of hydrogen-bond acceptors (Lipinski definition) is 1. The van der Waals surface area contributed by atoms with E-state index >= 15 is 0 Å². The third kappa shape index (κ3) is 5.75. The van der Waals surface area contributed by atoms with E-state index in [-0.39, 0.29) is 12.4 Å². The van der Waals surface area contributed by atoms with E-state index in [1.54, 1.807) is 12.1 Å². The van der Waals surface area contributed by atoms with Crippen molar-refractivity contribution in [1.82, 2.24) is 0 Å². The molecule has 0 atom stereocenters. The predicted molar refractivity (Wildman–Crippen MR) is 138 cm³/mol. The fourth-order valence-corrected chi connectivity index (χ4v) is 5.14. The van der Waals surface area contributed by atoms with Crippen molar-refractivity contribution in [3.8, 4) is 5.75 Å². The normalized spacial score (nSPS) is 18.1. The Balaban J connectivity index is 1.37. The number of benzene rings is 3. The van der Waals surface area contributed by atoms with Gasteiger partial charge in [0.2, 0.25) is 5.82 Å². The van der Waals surface area contributed by atoms with Gasteiger partial charge in [-0.25, -0.2) is 4.39 Å². The van der Waals surface area contributed by atoms with Crippen molar-refractivity contribution in [3.63, 3.8) is 0 Å². The van der Waals surface area contributed by atoms with Crippen LogP contribution in [0.15, 0.2) is 73.8 Å². The lowest BCUT2D eigenvalue weighted by Gasteiger charge is -2.28. The molecule has 0 aromatic heterocycles. The average Bonchev–Trinajstić information content (AvgIpc) is 2.88. The van der Waals surface area contributed by atoms with Crippen LogP contribution in [-0.4, -0.2) is 6.61 Å². The van der Waals surface area contributed by atoms with Crippen molar-refractivity contribution < 1.29 is 13.5 Å². The van der Waals surface area contributed by atoms with Crippen molar-refractivity contribution >= 4 is 10.8 Å². The molecular formula is C31H34F2O. The van der Waals surface area contributed by atoms with Crippen LogP contribution >= 0.6 is 0 Å². The number of fused-ring (bicyclic) bond motifs is 1. The molecule has 178 valence electrons. The van der Waals surface area contributed by atoms with E-state index in [0.717, 1.165) is 30.7 Å². The van der Waals surface area contributed by atoms with E-state index in [9.17, 15) is 8.78 Å². The van der Waals surface area contributed by atoms with Crippen LogP contribution in [0.25, 0.3) is 10.8 Å². The standard InChI is InChI=1S/C31H34F2O/c1-3-5-6-22-9-14-25(15-10-22)26-16-11-23(12-17-26)7-8-24-13-18-27-21-29(34-19-4-2)31(33)30(32)28(27)20-24/h3-4,11-13,16-18,20-22,25H,1-2,5-10,14-15,19H2. The summed E-state index contributed by atoms with van der Waals surface area (Å²) in [6, 6.07) is 16.1. The summed E-state index contributed by atoms with van der Waals surface area (Å²) >= 11 is 0. The Morgan fingerprint density at radius 2 is 1.53 bits per heavy atom. The highest BCUT2D eigenvalue weighted by Gasteiger charge is 2.22. The molecule has 0 aliphatic heterocycles. The third-order valence-corrected chi connectivity index (χ3v) is 7.19. The van der Waals surface area contributed by atoms with E-state index in [1.165, 1.54) is 49.3 Å². The number of rotatable bonds is 10. The molecule has 1 fully saturated rings. The molecule has 0 unspecified atom stereocenters. The quantitative estimate of drug-likeness (QED) is 0.275. The number of aryl methyl sites for hydroxylation is 2. The van der Waals surface area contributed by atoms with Crippen LogP contribution in [0.4, 0.5) is 8.78 Å². The largest absolute Gasteiger partial charge is 0.486 e. The van der Waals surface area contributed by atoms with Crippen LogP contribution in [0.1, 0.15) is 61.1 Å². The second-order valence-corrected chi connectivity index (χ2v) is 9.48. The maximum Gasteiger partial charge on any atom is 0.201 e. The molecule has 0 N–H and O–H groups in total. The van der Waals surface area contributed by atoms with Crippen molar-refractivity contribution in [2.75, 3.05) is 6.61 Å². The summed E-state index contributed by atoms with van der Waals surface area (Å²) < 4.78 is 34.3. The Morgan fingerprint density at radius 1 is 0.824 bits per heavy atom. The lowest BCUT2D eigenvalue weighted by molar-refractivity contribution is 0.312. The van der Waals surface area contributed by atoms with E-state index in [1.807, 2.05) is 18.2 Å². The number of ether oxygens (including phenoxy) is 1. The highest BCUT2D eigenvalue weighted by Crippen LogP contribution is 2.37. The average molecular weight is 461 g/mol. The molecule has 34 heavy (non-hydrogen) atoms. The SMILES string of the molecule is C=CCCC1CCC(c2ccc(CCc3ccc4cc(OCC=C)c(F)c(F)c4c3)cc2)CC1. The van der Waals surface area contributed by atoms with Crippen LogP contribution in [0.3, 0.4) is 0 Å². The van der Waals surface area contributed by atoms with Gasteiger partial charge in [-0.2, -0.15) is 4.39 Å². The fraction of sp³-hybridized carbons (Fsp3) is 0.355. The second kappa shape index (κ2) is 11.5. The van der Waals surface area contributed by atoms with E-state index in [4.69, 9.17) is 4.74 Å². The zero-order chi connectivity index (χ0) is 23.9. The molecule has 3 aromatic carbocycles. The Morgan fingerprint density at radius 3 is 2.24 bits per heavy atom. The van der Waals surface area contributed by atoms with Gasteiger partial charge in [0.25, 0.3) is 0 Å². The predicted octanol–water partition coefficient (Wildman–Crippen LogP) is 8.71. The van der Waals surface area contributed by atoms with Crippen LogP contribution in [0.2, 0.25) is 0 Å². The molecule has 0 radical (unpaired) electrons. The maximum atomic E-state index is 14.7. The molecule has 0 saturated heterocycles. The molecule has 0 heterocycles. The van der Waals surface area contributed by atoms with Gasteiger partial charge in [-0.05, 0) is 97.4 Å². The van der Waals surface area contributed by atoms with Crippen LogP contribution in [-0.2, 0) is 12.8 Å². The zero-order valence-corrected chi connectivity index (χ0v) is 19.9. The Kier molecular flexibility index (Phi) is 8.16. The summed E-state index contributed by atoms with van der Waals surface area (Å²) in [5.74, 6) is -0.352. The van der Waals surface area contributed by atoms with Gasteiger partial charge in [-0.1, -0.05) is 55.1 Å². The third-order valence-electron chi connectivity index (χ3n) is 7.19. The number of allylic oxidation sites excluding steroid dienone is 1. The van der Waals surface area contributed by atoms with Gasteiger partial charge >= 0.3 is 0 Å². The molecule has 3 aromatic rings. The molecule has 0 amide bonds. The van der Waals surface area contributed by atoms with Crippen LogP contribution in [0, 0.1) is 17.6 Å². The number of hydrogen-bond donors (Lipinski definition) is 0. The van der Waals surface area contributed by atoms with Gasteiger partial charge in [0, 0.05) is 5.39 Å². The lowest BCUT2D eigenvalue weighted by atomic mass is 9.77. The minimum absolute atomic E-state index is 0.0806. The van der Waals surface area contributed by atoms with E-state index < -0.39 is 11.6 Å². The van der Waals surface area contributed by atoms with Crippen molar-refractivity contribution in [3.05, 3.63) is 102 Å². The molecule has 1 saturated carbocycles. The second-order valence-electron chi connectivity index (χ2n) is 9.48. The number of halogens is 2. The monoisotopic (exact) mass is 460 g/mol. The molecule has 3 heteroatoms. The minimum Gasteiger partial charge on any atom is -0.486 e. The topological polar surface area (TPSA) is 9.23 Å². The first kappa shape index (κ1) is 24.2. The fourth-order valence-electron chi connectivity index (χ4n) is 5.14. The summed E-state index contributed by atoms with van der Waals surface area (Å²) in [5.41, 5.74) is 3.71. The summed E-state index contributed by atoms with van der Waals surface area (Å²) in [4.78, 5) is 0. The Hall–Kier alpha value is -2.94. The molecule has 0 bridgehead atoms. The van der Waals surface area contributed by atoms with Gasteiger partial charge in [0.1, 0.15) is 6.61 Å². The first-order valence-corrected chi connectivity index (χ1v) is 12.4. The summed E-state index contributed by atoms with van der Waals surface area (Å²) in [7, 11) is 0. The zero-order valence-electron chi connectivity index (χ0n) is 19.9. The highest BCUT2D eigenvalue weighted by molar-refractivity contribution is 5.85. The molecular weight excluding hydrogens is 426 g/mol. The highest BCUT2D eigenvalue weighted by atomic mass is 19.2. The van der Waals surface area contributed by atoms with Gasteiger partial charge < -0.3 is 4.74 Å². The molecule has 0 spiro atoms. The minimum atomic E-state index is -0.947. The first-order valence-electron chi connectivity index (χ1n) is 12.4. The van der Waals surface area contributed by atoms with Gasteiger partial charge in [-0.3, -0.25) is 0 Å². The first-order chi connectivity index (χ1) is 16.6. The van der Waals surface area contributed by atoms with Crippen LogP contribution in [0.5, 0.6) is 5.75 Å². The van der Waals surface area contributed by atoms with E-state index in [2.05, 4.69) is 37.4 Å². The Labute approximate surface area is 202 Å². The van der Waals surface area contributed by atoms with Crippen molar-refractivity contribution in [2.45, 2.75) is 57.3 Å².